The van der Waals surface area contributed by atoms with E-state index < -0.39 is 17.3 Å². The number of carbonyl (C=O) groups is 2. The molecule has 1 aliphatic rings. The molecule has 0 aromatic rings. The molecule has 1 heterocycles. The molecule has 0 saturated carbocycles. The molecule has 0 unspecified atom stereocenters. The molecule has 5 heteroatoms. The minimum atomic E-state index is -0.628. The highest BCUT2D eigenvalue weighted by Gasteiger charge is 2.34. The number of amides is 1. The predicted molar refractivity (Wildman–Crippen MR) is 71.7 cm³/mol. The SMILES string of the molecule is CCC1=C[C@@](C)(CCNC(=O)OC(C)(C)C)OC1=O. The van der Waals surface area contributed by atoms with Crippen molar-refractivity contribution in [1.29, 1.82) is 0 Å². The van der Waals surface area contributed by atoms with Crippen LogP contribution in [0.3, 0.4) is 0 Å². The van der Waals surface area contributed by atoms with Crippen molar-refractivity contribution >= 4 is 12.1 Å². The maximum Gasteiger partial charge on any atom is 0.407 e. The van der Waals surface area contributed by atoms with Gasteiger partial charge in [0.1, 0.15) is 11.2 Å². The van der Waals surface area contributed by atoms with Crippen molar-refractivity contribution in [3.8, 4) is 0 Å². The standard InChI is InChI=1S/C14H23NO4/c1-6-10-9-14(5,18-11(10)16)7-8-15-12(17)19-13(2,3)4/h9H,6-8H2,1-5H3,(H,15,17)/t14-/m1/s1. The minimum absolute atomic E-state index is 0.262. The second-order valence-electron chi connectivity index (χ2n) is 5.90. The summed E-state index contributed by atoms with van der Waals surface area (Å²) in [6, 6.07) is 0. The average molecular weight is 269 g/mol. The molecule has 1 N–H and O–H groups in total. The van der Waals surface area contributed by atoms with Crippen LogP contribution >= 0.6 is 0 Å². The molecule has 1 amide bonds. The molecule has 108 valence electrons. The van der Waals surface area contributed by atoms with Gasteiger partial charge in [0.15, 0.2) is 0 Å². The maximum atomic E-state index is 11.5. The molecule has 0 aliphatic carbocycles. The van der Waals surface area contributed by atoms with Gasteiger partial charge in [-0.25, -0.2) is 9.59 Å². The van der Waals surface area contributed by atoms with Gasteiger partial charge in [-0.2, -0.15) is 0 Å². The Bertz CT molecular complexity index is 395. The van der Waals surface area contributed by atoms with E-state index in [0.29, 0.717) is 25.0 Å². The van der Waals surface area contributed by atoms with E-state index in [4.69, 9.17) is 9.47 Å². The zero-order valence-electron chi connectivity index (χ0n) is 12.3. The summed E-state index contributed by atoms with van der Waals surface area (Å²) in [5, 5.41) is 2.66. The number of nitrogens with one attached hydrogen (secondary N) is 1. The Morgan fingerprint density at radius 3 is 2.58 bits per heavy atom. The van der Waals surface area contributed by atoms with Crippen LogP contribution in [0, 0.1) is 0 Å². The van der Waals surface area contributed by atoms with Gasteiger partial charge in [-0.1, -0.05) is 6.92 Å². The van der Waals surface area contributed by atoms with Crippen LogP contribution in [-0.2, 0) is 14.3 Å². The molecule has 1 rings (SSSR count). The second kappa shape index (κ2) is 5.63. The molecule has 0 aromatic heterocycles. The number of carbonyl (C=O) groups excluding carboxylic acids is 2. The fourth-order valence-electron chi connectivity index (χ4n) is 1.83. The van der Waals surface area contributed by atoms with E-state index in [2.05, 4.69) is 5.32 Å². The second-order valence-corrected chi connectivity index (χ2v) is 5.90. The molecule has 0 fully saturated rings. The molecule has 19 heavy (non-hydrogen) atoms. The number of rotatable bonds is 4. The van der Waals surface area contributed by atoms with Gasteiger partial charge in [0.2, 0.25) is 0 Å². The number of esters is 1. The highest BCUT2D eigenvalue weighted by molar-refractivity contribution is 5.91. The average Bonchev–Trinajstić information content (AvgIpc) is 2.51. The number of alkyl carbamates (subject to hydrolysis) is 1. The largest absolute Gasteiger partial charge is 0.452 e. The number of cyclic esters (lactones) is 1. The number of hydrogen-bond donors (Lipinski definition) is 1. The third-order valence-electron chi connectivity index (χ3n) is 2.74. The van der Waals surface area contributed by atoms with Crippen molar-refractivity contribution in [3.05, 3.63) is 11.6 Å². The minimum Gasteiger partial charge on any atom is -0.452 e. The third-order valence-corrected chi connectivity index (χ3v) is 2.74. The van der Waals surface area contributed by atoms with Crippen LogP contribution in [0.15, 0.2) is 11.6 Å². The van der Waals surface area contributed by atoms with E-state index in [-0.39, 0.29) is 5.97 Å². The van der Waals surface area contributed by atoms with Crippen molar-refractivity contribution in [1.82, 2.24) is 5.32 Å². The molecular weight excluding hydrogens is 246 g/mol. The smallest absolute Gasteiger partial charge is 0.407 e. The molecule has 1 atom stereocenters. The maximum absolute atomic E-state index is 11.5. The van der Waals surface area contributed by atoms with Crippen LogP contribution in [0.5, 0.6) is 0 Å². The van der Waals surface area contributed by atoms with Gasteiger partial charge in [0.05, 0.1) is 0 Å². The third kappa shape index (κ3) is 4.93. The Balaban J connectivity index is 2.40. The van der Waals surface area contributed by atoms with Crippen LogP contribution in [0.25, 0.3) is 0 Å². The lowest BCUT2D eigenvalue weighted by Crippen LogP contribution is -2.36. The van der Waals surface area contributed by atoms with Crippen LogP contribution in [0.2, 0.25) is 0 Å². The summed E-state index contributed by atoms with van der Waals surface area (Å²) in [7, 11) is 0. The quantitative estimate of drug-likeness (QED) is 0.797. The van der Waals surface area contributed by atoms with Gasteiger partial charge in [0.25, 0.3) is 0 Å². The highest BCUT2D eigenvalue weighted by atomic mass is 16.6. The Morgan fingerprint density at radius 2 is 2.11 bits per heavy atom. The van der Waals surface area contributed by atoms with Gasteiger partial charge >= 0.3 is 12.1 Å². The lowest BCUT2D eigenvalue weighted by Gasteiger charge is -2.23. The topological polar surface area (TPSA) is 64.6 Å². The molecule has 0 radical (unpaired) electrons. The summed E-state index contributed by atoms with van der Waals surface area (Å²) >= 11 is 0. The lowest BCUT2D eigenvalue weighted by atomic mass is 10.0. The van der Waals surface area contributed by atoms with Crippen LogP contribution < -0.4 is 5.32 Å². The molecule has 0 aromatic carbocycles. The van der Waals surface area contributed by atoms with Gasteiger partial charge in [-0.3, -0.25) is 0 Å². The Labute approximate surface area is 114 Å². The van der Waals surface area contributed by atoms with Crippen LogP contribution in [0.4, 0.5) is 4.79 Å². The zero-order valence-corrected chi connectivity index (χ0v) is 12.3. The monoisotopic (exact) mass is 269 g/mol. The van der Waals surface area contributed by atoms with Crippen molar-refractivity contribution in [2.75, 3.05) is 6.54 Å². The van der Waals surface area contributed by atoms with Crippen molar-refractivity contribution < 1.29 is 19.1 Å². The fraction of sp³-hybridized carbons (Fsp3) is 0.714. The van der Waals surface area contributed by atoms with Gasteiger partial charge in [0, 0.05) is 18.5 Å². The van der Waals surface area contributed by atoms with Crippen molar-refractivity contribution in [2.45, 2.75) is 58.7 Å². The molecule has 5 nitrogen and oxygen atoms in total. The Morgan fingerprint density at radius 1 is 1.47 bits per heavy atom. The number of hydrogen-bond acceptors (Lipinski definition) is 4. The first kappa shape index (κ1) is 15.5. The fourth-order valence-corrected chi connectivity index (χ4v) is 1.83. The molecule has 0 saturated heterocycles. The zero-order chi connectivity index (χ0) is 14.7. The summed E-state index contributed by atoms with van der Waals surface area (Å²) in [5.41, 5.74) is -0.444. The Kier molecular flexibility index (Phi) is 4.61. The number of ether oxygens (including phenoxy) is 2. The van der Waals surface area contributed by atoms with E-state index in [1.54, 1.807) is 0 Å². The van der Waals surface area contributed by atoms with E-state index in [9.17, 15) is 9.59 Å². The lowest BCUT2D eigenvalue weighted by molar-refractivity contribution is -0.145. The highest BCUT2D eigenvalue weighted by Crippen LogP contribution is 2.28. The van der Waals surface area contributed by atoms with Gasteiger partial charge in [-0.05, 0) is 40.2 Å². The van der Waals surface area contributed by atoms with E-state index in [1.807, 2.05) is 40.7 Å². The van der Waals surface area contributed by atoms with Crippen LogP contribution in [-0.4, -0.2) is 29.8 Å². The van der Waals surface area contributed by atoms with E-state index in [0.717, 1.165) is 0 Å². The predicted octanol–water partition coefficient (Wildman–Crippen LogP) is 2.55. The summed E-state index contributed by atoms with van der Waals surface area (Å²) in [4.78, 5) is 23.0. The van der Waals surface area contributed by atoms with Crippen molar-refractivity contribution in [2.24, 2.45) is 0 Å². The molecular formula is C14H23NO4. The molecule has 0 spiro atoms. The van der Waals surface area contributed by atoms with Gasteiger partial charge < -0.3 is 14.8 Å². The summed E-state index contributed by atoms with van der Waals surface area (Å²) < 4.78 is 10.4. The van der Waals surface area contributed by atoms with E-state index in [1.165, 1.54) is 0 Å². The first-order valence-corrected chi connectivity index (χ1v) is 6.57. The van der Waals surface area contributed by atoms with Crippen LogP contribution in [0.1, 0.15) is 47.5 Å². The van der Waals surface area contributed by atoms with Crippen molar-refractivity contribution in [3.63, 3.8) is 0 Å². The first-order chi connectivity index (χ1) is 8.65. The first-order valence-electron chi connectivity index (χ1n) is 6.57. The summed E-state index contributed by atoms with van der Waals surface area (Å²) in [5.74, 6) is -0.262. The van der Waals surface area contributed by atoms with E-state index >= 15 is 0 Å². The molecule has 1 aliphatic heterocycles. The van der Waals surface area contributed by atoms with Gasteiger partial charge in [-0.15, -0.1) is 0 Å². The summed E-state index contributed by atoms with van der Waals surface area (Å²) in [6.07, 6.45) is 2.57. The Hall–Kier alpha value is -1.52. The summed E-state index contributed by atoms with van der Waals surface area (Å²) in [6.45, 7) is 9.57. The normalized spacial score (nSPS) is 22.8. The molecule has 0 bridgehead atoms.